The quantitative estimate of drug-likeness (QED) is 0.595. The lowest BCUT2D eigenvalue weighted by atomic mass is 10.1. The normalized spacial score (nSPS) is 20.3. The Morgan fingerprint density at radius 3 is 2.69 bits per heavy atom. The molecule has 1 saturated carbocycles. The fourth-order valence-corrected chi connectivity index (χ4v) is 4.09. The lowest BCUT2D eigenvalue weighted by Gasteiger charge is -2.24. The number of aryl methyl sites for hydroxylation is 1. The summed E-state index contributed by atoms with van der Waals surface area (Å²) in [5.41, 5.74) is 1.58. The van der Waals surface area contributed by atoms with Gasteiger partial charge in [0.15, 0.2) is 17.7 Å². The van der Waals surface area contributed by atoms with Crippen LogP contribution in [0.3, 0.4) is 0 Å². The van der Waals surface area contributed by atoms with E-state index in [1.807, 2.05) is 12.1 Å². The molecule has 1 aliphatic carbocycles. The van der Waals surface area contributed by atoms with Crippen LogP contribution in [0.15, 0.2) is 30.6 Å². The molecule has 2 aliphatic rings. The molecule has 0 aromatic carbocycles. The molecule has 2 fully saturated rings. The van der Waals surface area contributed by atoms with Crippen molar-refractivity contribution in [3.05, 3.63) is 30.6 Å². The van der Waals surface area contributed by atoms with Gasteiger partial charge in [-0.25, -0.2) is 13.7 Å². The van der Waals surface area contributed by atoms with Crippen LogP contribution in [-0.2, 0) is 16.6 Å². The Balaban J connectivity index is 1.34. The highest BCUT2D eigenvalue weighted by Crippen LogP contribution is 2.33. The summed E-state index contributed by atoms with van der Waals surface area (Å²) < 4.78 is 29.5. The van der Waals surface area contributed by atoms with E-state index in [-0.39, 0.29) is 24.9 Å². The molecule has 186 valence electrons. The van der Waals surface area contributed by atoms with E-state index in [0.717, 1.165) is 23.9 Å². The summed E-state index contributed by atoms with van der Waals surface area (Å²) in [6, 6.07) is 5.55. The van der Waals surface area contributed by atoms with E-state index < -0.39 is 24.0 Å². The number of nitrogens with zero attached hydrogens (tertiary/aromatic N) is 5. The van der Waals surface area contributed by atoms with Crippen LogP contribution in [0, 0.1) is 5.92 Å². The average Bonchev–Trinajstić information content (AvgIpc) is 3.32. The third-order valence-electron chi connectivity index (χ3n) is 5.97. The van der Waals surface area contributed by atoms with E-state index in [9.17, 15) is 14.0 Å². The molecule has 0 spiro atoms. The molecule has 1 aliphatic heterocycles. The van der Waals surface area contributed by atoms with Crippen LogP contribution >= 0.6 is 0 Å². The molecule has 5 rings (SSSR count). The fraction of sp³-hybridized carbons (Fsp3) is 0.500. The van der Waals surface area contributed by atoms with Crippen molar-refractivity contribution < 1.29 is 23.5 Å². The number of amides is 2. The maximum absolute atomic E-state index is 14.8. The number of carbonyl (C=O) groups is 2. The molecule has 0 bridgehead atoms. The number of anilines is 1. The number of fused-ring (bicyclic) bond motifs is 1. The van der Waals surface area contributed by atoms with Crippen LogP contribution < -0.4 is 10.1 Å². The first-order valence-corrected chi connectivity index (χ1v) is 11.7. The molecular weight excluding hydrogens is 455 g/mol. The molecule has 3 aromatic heterocycles. The second-order valence-electron chi connectivity index (χ2n) is 10.1. The van der Waals surface area contributed by atoms with E-state index in [1.165, 1.54) is 4.90 Å². The maximum Gasteiger partial charge on any atom is 0.410 e. The van der Waals surface area contributed by atoms with Gasteiger partial charge in [-0.05, 0) is 45.7 Å². The molecule has 3 aromatic rings. The molecule has 1 N–H and O–H groups in total. The Labute approximate surface area is 202 Å². The predicted octanol–water partition coefficient (Wildman–Crippen LogP) is 3.42. The van der Waals surface area contributed by atoms with Crippen molar-refractivity contribution in [1.29, 1.82) is 0 Å². The SMILES string of the molecule is Cn1ncc(O[C@@H]2CN(C(=O)OC(C)(C)C)C[C@@H]2F)c1-c1ccn2nc(NC(=O)C3CC3)cc2c1. The average molecular weight is 485 g/mol. The fourth-order valence-electron chi connectivity index (χ4n) is 4.09. The van der Waals surface area contributed by atoms with Gasteiger partial charge in [-0.15, -0.1) is 0 Å². The van der Waals surface area contributed by atoms with Gasteiger partial charge < -0.3 is 19.7 Å². The summed E-state index contributed by atoms with van der Waals surface area (Å²) in [5.74, 6) is 0.991. The second-order valence-corrected chi connectivity index (χ2v) is 10.1. The predicted molar refractivity (Wildman–Crippen MR) is 126 cm³/mol. The summed E-state index contributed by atoms with van der Waals surface area (Å²) >= 11 is 0. The first kappa shape index (κ1) is 23.1. The summed E-state index contributed by atoms with van der Waals surface area (Å²) in [5, 5.41) is 11.6. The van der Waals surface area contributed by atoms with Crippen molar-refractivity contribution >= 4 is 23.3 Å². The van der Waals surface area contributed by atoms with Crippen molar-refractivity contribution in [2.45, 2.75) is 51.5 Å². The molecule has 0 radical (unpaired) electrons. The van der Waals surface area contributed by atoms with Gasteiger partial charge in [0.2, 0.25) is 5.91 Å². The molecule has 35 heavy (non-hydrogen) atoms. The number of halogens is 1. The van der Waals surface area contributed by atoms with E-state index in [2.05, 4.69) is 15.5 Å². The number of carbonyl (C=O) groups excluding carboxylic acids is 2. The van der Waals surface area contributed by atoms with Gasteiger partial charge in [0.25, 0.3) is 0 Å². The van der Waals surface area contributed by atoms with Crippen LogP contribution in [0.25, 0.3) is 16.8 Å². The zero-order valence-electron chi connectivity index (χ0n) is 20.2. The topological polar surface area (TPSA) is 103 Å². The number of pyridine rings is 1. The van der Waals surface area contributed by atoms with Crippen molar-refractivity contribution in [3.63, 3.8) is 0 Å². The Hall–Kier alpha value is -3.63. The number of likely N-dealkylation sites (tertiary alicyclic amines) is 1. The highest BCUT2D eigenvalue weighted by molar-refractivity contribution is 5.93. The molecule has 11 heteroatoms. The van der Waals surface area contributed by atoms with Crippen LogP contribution in [0.4, 0.5) is 15.0 Å². The zero-order valence-corrected chi connectivity index (χ0v) is 20.2. The van der Waals surface area contributed by atoms with Crippen molar-refractivity contribution in [2.75, 3.05) is 18.4 Å². The number of alkyl halides is 1. The lowest BCUT2D eigenvalue weighted by Crippen LogP contribution is -2.36. The first-order chi connectivity index (χ1) is 16.6. The smallest absolute Gasteiger partial charge is 0.410 e. The van der Waals surface area contributed by atoms with Crippen LogP contribution in [0.5, 0.6) is 5.75 Å². The Morgan fingerprint density at radius 2 is 1.97 bits per heavy atom. The number of nitrogens with one attached hydrogen (secondary N) is 1. The number of rotatable bonds is 5. The highest BCUT2D eigenvalue weighted by atomic mass is 19.1. The minimum atomic E-state index is -1.36. The van der Waals surface area contributed by atoms with E-state index in [0.29, 0.717) is 17.3 Å². The largest absolute Gasteiger partial charge is 0.481 e. The van der Waals surface area contributed by atoms with Gasteiger partial charge in [0.1, 0.15) is 17.4 Å². The second kappa shape index (κ2) is 8.54. The van der Waals surface area contributed by atoms with Gasteiger partial charge >= 0.3 is 6.09 Å². The van der Waals surface area contributed by atoms with Gasteiger partial charge in [0, 0.05) is 30.8 Å². The number of hydrogen-bond acceptors (Lipinski definition) is 6. The Bertz CT molecular complexity index is 1270. The van der Waals surface area contributed by atoms with Gasteiger partial charge in [-0.3, -0.25) is 9.48 Å². The van der Waals surface area contributed by atoms with E-state index in [4.69, 9.17) is 9.47 Å². The summed E-state index contributed by atoms with van der Waals surface area (Å²) in [6.45, 7) is 5.30. The Morgan fingerprint density at radius 1 is 1.20 bits per heavy atom. The maximum atomic E-state index is 14.8. The number of ether oxygens (including phenoxy) is 2. The highest BCUT2D eigenvalue weighted by Gasteiger charge is 2.39. The van der Waals surface area contributed by atoms with Gasteiger partial charge in [-0.2, -0.15) is 10.2 Å². The third kappa shape index (κ3) is 4.94. The Kier molecular flexibility index (Phi) is 5.65. The third-order valence-corrected chi connectivity index (χ3v) is 5.97. The first-order valence-electron chi connectivity index (χ1n) is 11.7. The summed E-state index contributed by atoms with van der Waals surface area (Å²) in [4.78, 5) is 25.8. The van der Waals surface area contributed by atoms with Crippen molar-refractivity contribution in [1.82, 2.24) is 24.3 Å². The van der Waals surface area contributed by atoms with Crippen LogP contribution in [-0.4, -0.2) is 67.3 Å². The number of hydrogen-bond donors (Lipinski definition) is 1. The monoisotopic (exact) mass is 484 g/mol. The molecular formula is C24H29FN6O4. The van der Waals surface area contributed by atoms with Crippen molar-refractivity contribution in [3.8, 4) is 17.0 Å². The van der Waals surface area contributed by atoms with E-state index >= 15 is 0 Å². The molecule has 1 saturated heterocycles. The summed E-state index contributed by atoms with van der Waals surface area (Å²) in [7, 11) is 1.78. The van der Waals surface area contributed by atoms with Crippen LogP contribution in [0.1, 0.15) is 33.6 Å². The molecule has 4 heterocycles. The molecule has 2 amide bonds. The van der Waals surface area contributed by atoms with Gasteiger partial charge in [-0.1, -0.05) is 0 Å². The van der Waals surface area contributed by atoms with E-state index in [1.54, 1.807) is 55.5 Å². The minimum absolute atomic E-state index is 0.00582. The standard InChI is InChI=1S/C24H29FN6O4/c1-24(2,3)35-23(33)30-12-17(25)19(13-30)34-18-11-26-29(4)21(18)15-7-8-31-16(9-15)10-20(28-31)27-22(32)14-5-6-14/h7-11,14,17,19H,5-6,12-13H2,1-4H3,(H,27,28,32)/t17-,19+/m0/s1. The summed E-state index contributed by atoms with van der Waals surface area (Å²) in [6.07, 6.45) is 2.41. The number of aromatic nitrogens is 4. The zero-order chi connectivity index (χ0) is 24.9. The molecule has 10 nitrogen and oxygen atoms in total. The van der Waals surface area contributed by atoms with Gasteiger partial charge in [0.05, 0.1) is 24.8 Å². The van der Waals surface area contributed by atoms with Crippen LogP contribution in [0.2, 0.25) is 0 Å². The van der Waals surface area contributed by atoms with Crippen molar-refractivity contribution in [2.24, 2.45) is 13.0 Å². The minimum Gasteiger partial charge on any atom is -0.481 e. The molecule has 0 unspecified atom stereocenters. The lowest BCUT2D eigenvalue weighted by molar-refractivity contribution is -0.117. The molecule has 2 atom stereocenters.